The third kappa shape index (κ3) is 3.58. The Bertz CT molecular complexity index is 669. The molecular formula is C15H13ClO5. The summed E-state index contributed by atoms with van der Waals surface area (Å²) in [7, 11) is 1.50. The zero-order valence-electron chi connectivity index (χ0n) is 11.2. The lowest BCUT2D eigenvalue weighted by Crippen LogP contribution is -2.06. The van der Waals surface area contributed by atoms with Gasteiger partial charge >= 0.3 is 5.97 Å². The monoisotopic (exact) mass is 308 g/mol. The Morgan fingerprint density at radius 3 is 2.62 bits per heavy atom. The average molecular weight is 309 g/mol. The number of hydrogen-bond acceptors (Lipinski definition) is 5. The minimum absolute atomic E-state index is 0.0335. The molecule has 0 fully saturated rings. The third-order valence-corrected chi connectivity index (χ3v) is 3.04. The molecule has 2 N–H and O–H groups in total. The molecule has 0 saturated heterocycles. The Labute approximate surface area is 126 Å². The maximum absolute atomic E-state index is 11.9. The molecule has 2 aromatic rings. The summed E-state index contributed by atoms with van der Waals surface area (Å²) in [5.41, 5.74) is 0.574. The van der Waals surface area contributed by atoms with Crippen molar-refractivity contribution in [3.63, 3.8) is 0 Å². The summed E-state index contributed by atoms with van der Waals surface area (Å²) in [5.74, 6) is -0.657. The summed E-state index contributed by atoms with van der Waals surface area (Å²) in [6, 6.07) is 8.60. The van der Waals surface area contributed by atoms with Gasteiger partial charge in [0, 0.05) is 16.7 Å². The second-order valence-electron chi connectivity index (χ2n) is 4.23. The van der Waals surface area contributed by atoms with Crippen LogP contribution in [0.2, 0.25) is 5.02 Å². The molecule has 0 bridgehead atoms. The van der Waals surface area contributed by atoms with Crippen molar-refractivity contribution in [2.75, 3.05) is 7.11 Å². The van der Waals surface area contributed by atoms with Gasteiger partial charge in [-0.2, -0.15) is 0 Å². The molecule has 0 atom stereocenters. The van der Waals surface area contributed by atoms with Gasteiger partial charge in [0.05, 0.1) is 7.11 Å². The van der Waals surface area contributed by atoms with Crippen LogP contribution in [0.25, 0.3) is 0 Å². The summed E-state index contributed by atoms with van der Waals surface area (Å²) in [4.78, 5) is 11.9. The number of halogens is 1. The molecule has 0 amide bonds. The van der Waals surface area contributed by atoms with Gasteiger partial charge < -0.3 is 19.7 Å². The van der Waals surface area contributed by atoms with Crippen molar-refractivity contribution in [3.8, 4) is 17.2 Å². The van der Waals surface area contributed by atoms with Crippen LogP contribution in [0.4, 0.5) is 0 Å². The Balaban J connectivity index is 2.12. The molecule has 0 spiro atoms. The fourth-order valence-electron chi connectivity index (χ4n) is 1.77. The topological polar surface area (TPSA) is 76.0 Å². The van der Waals surface area contributed by atoms with Gasteiger partial charge in [0.25, 0.3) is 0 Å². The second-order valence-corrected chi connectivity index (χ2v) is 4.67. The Kier molecular flexibility index (Phi) is 4.55. The number of ether oxygens (including phenoxy) is 2. The van der Waals surface area contributed by atoms with Crippen LogP contribution < -0.4 is 4.74 Å². The van der Waals surface area contributed by atoms with Gasteiger partial charge in [-0.15, -0.1) is 0 Å². The SMILES string of the molecule is COc1ccc(Cl)cc1COC(=O)c1ccc(O)cc1O. The smallest absolute Gasteiger partial charge is 0.342 e. The molecule has 5 nitrogen and oxygen atoms in total. The van der Waals surface area contributed by atoms with Crippen LogP contribution >= 0.6 is 11.6 Å². The molecule has 0 aliphatic rings. The van der Waals surface area contributed by atoms with Crippen LogP contribution in [0.3, 0.4) is 0 Å². The number of benzene rings is 2. The van der Waals surface area contributed by atoms with Gasteiger partial charge in [-0.1, -0.05) is 11.6 Å². The van der Waals surface area contributed by atoms with Gasteiger partial charge in [0.1, 0.15) is 29.4 Å². The highest BCUT2D eigenvalue weighted by Gasteiger charge is 2.14. The van der Waals surface area contributed by atoms with Crippen molar-refractivity contribution in [2.45, 2.75) is 6.61 Å². The lowest BCUT2D eigenvalue weighted by Gasteiger charge is -2.10. The maximum atomic E-state index is 11.9. The van der Waals surface area contributed by atoms with E-state index in [1.54, 1.807) is 18.2 Å². The minimum atomic E-state index is -0.713. The van der Waals surface area contributed by atoms with E-state index in [9.17, 15) is 15.0 Å². The first-order valence-corrected chi connectivity index (χ1v) is 6.40. The molecule has 0 aromatic heterocycles. The van der Waals surface area contributed by atoms with E-state index in [0.29, 0.717) is 16.3 Å². The van der Waals surface area contributed by atoms with E-state index in [1.165, 1.54) is 19.2 Å². The predicted octanol–water partition coefficient (Wildman–Crippen LogP) is 3.12. The number of phenols is 2. The first-order valence-electron chi connectivity index (χ1n) is 6.03. The molecule has 0 aliphatic heterocycles. The lowest BCUT2D eigenvalue weighted by atomic mass is 10.2. The number of aromatic hydroxyl groups is 2. The van der Waals surface area contributed by atoms with Crippen LogP contribution in [0.15, 0.2) is 36.4 Å². The molecule has 0 heterocycles. The molecule has 2 aromatic carbocycles. The van der Waals surface area contributed by atoms with E-state index in [2.05, 4.69) is 0 Å². The fraction of sp³-hybridized carbons (Fsp3) is 0.133. The van der Waals surface area contributed by atoms with Crippen LogP contribution in [0.1, 0.15) is 15.9 Å². The van der Waals surface area contributed by atoms with E-state index in [-0.39, 0.29) is 23.7 Å². The molecule has 0 radical (unpaired) electrons. The van der Waals surface area contributed by atoms with E-state index in [4.69, 9.17) is 21.1 Å². The van der Waals surface area contributed by atoms with Crippen LogP contribution in [0.5, 0.6) is 17.2 Å². The summed E-state index contributed by atoms with van der Waals surface area (Å²) in [6.07, 6.45) is 0. The number of carbonyl (C=O) groups is 1. The molecular weight excluding hydrogens is 296 g/mol. The van der Waals surface area contributed by atoms with Gasteiger partial charge in [0.2, 0.25) is 0 Å². The van der Waals surface area contributed by atoms with Crippen molar-refractivity contribution in [3.05, 3.63) is 52.5 Å². The number of rotatable bonds is 4. The maximum Gasteiger partial charge on any atom is 0.342 e. The molecule has 0 unspecified atom stereocenters. The fourth-order valence-corrected chi connectivity index (χ4v) is 1.97. The molecule has 2 rings (SSSR count). The molecule has 6 heteroatoms. The van der Waals surface area contributed by atoms with Gasteiger partial charge in [-0.3, -0.25) is 0 Å². The summed E-state index contributed by atoms with van der Waals surface area (Å²) < 4.78 is 10.3. The van der Waals surface area contributed by atoms with Crippen LogP contribution in [0, 0.1) is 0 Å². The quantitative estimate of drug-likeness (QED) is 0.849. The zero-order chi connectivity index (χ0) is 15.4. The number of esters is 1. The van der Waals surface area contributed by atoms with Crippen molar-refractivity contribution < 1.29 is 24.5 Å². The highest BCUT2D eigenvalue weighted by Crippen LogP contribution is 2.26. The Hall–Kier alpha value is -2.40. The van der Waals surface area contributed by atoms with E-state index in [0.717, 1.165) is 6.07 Å². The minimum Gasteiger partial charge on any atom is -0.508 e. The van der Waals surface area contributed by atoms with Crippen molar-refractivity contribution in [2.24, 2.45) is 0 Å². The Morgan fingerprint density at radius 2 is 1.95 bits per heavy atom. The molecule has 110 valence electrons. The first kappa shape index (κ1) is 15.0. The van der Waals surface area contributed by atoms with Gasteiger partial charge in [-0.25, -0.2) is 4.79 Å². The summed E-state index contributed by atoms with van der Waals surface area (Å²) >= 11 is 5.88. The van der Waals surface area contributed by atoms with Crippen molar-refractivity contribution in [1.82, 2.24) is 0 Å². The van der Waals surface area contributed by atoms with Crippen molar-refractivity contribution in [1.29, 1.82) is 0 Å². The predicted molar refractivity (Wildman–Crippen MR) is 76.9 cm³/mol. The largest absolute Gasteiger partial charge is 0.508 e. The standard InChI is InChI=1S/C15H13ClO5/c1-20-14-5-2-10(16)6-9(14)8-21-15(19)12-4-3-11(17)7-13(12)18/h2-7,17-18H,8H2,1H3. The third-order valence-electron chi connectivity index (χ3n) is 2.80. The first-order chi connectivity index (χ1) is 10.0. The average Bonchev–Trinajstić information content (AvgIpc) is 2.45. The zero-order valence-corrected chi connectivity index (χ0v) is 11.9. The number of phenolic OH excluding ortho intramolecular Hbond substituents is 2. The second kappa shape index (κ2) is 6.37. The normalized spacial score (nSPS) is 10.2. The highest BCUT2D eigenvalue weighted by molar-refractivity contribution is 6.30. The van der Waals surface area contributed by atoms with Crippen molar-refractivity contribution >= 4 is 17.6 Å². The number of methoxy groups -OCH3 is 1. The van der Waals surface area contributed by atoms with Gasteiger partial charge in [0.15, 0.2) is 0 Å². The molecule has 0 aliphatic carbocycles. The van der Waals surface area contributed by atoms with E-state index >= 15 is 0 Å². The highest BCUT2D eigenvalue weighted by atomic mass is 35.5. The number of hydrogen-bond donors (Lipinski definition) is 2. The van der Waals surface area contributed by atoms with E-state index in [1.807, 2.05) is 0 Å². The van der Waals surface area contributed by atoms with Crippen LogP contribution in [-0.2, 0) is 11.3 Å². The summed E-state index contributed by atoms with van der Waals surface area (Å²) in [5, 5.41) is 19.3. The van der Waals surface area contributed by atoms with Crippen LogP contribution in [-0.4, -0.2) is 23.3 Å². The number of carbonyl (C=O) groups excluding carboxylic acids is 1. The van der Waals surface area contributed by atoms with E-state index < -0.39 is 5.97 Å². The Morgan fingerprint density at radius 1 is 1.19 bits per heavy atom. The van der Waals surface area contributed by atoms with Gasteiger partial charge in [-0.05, 0) is 30.3 Å². The summed E-state index contributed by atoms with van der Waals surface area (Å²) in [6.45, 7) is -0.0527. The molecule has 0 saturated carbocycles. The lowest BCUT2D eigenvalue weighted by molar-refractivity contribution is 0.0467. The molecule has 21 heavy (non-hydrogen) atoms.